The van der Waals surface area contributed by atoms with Gasteiger partial charge in [0.2, 0.25) is 5.91 Å². The number of nitrogens with one attached hydrogen (secondary N) is 1. The number of carbonyl (C=O) groups excluding carboxylic acids is 1. The van der Waals surface area contributed by atoms with Crippen molar-refractivity contribution in [2.75, 3.05) is 19.8 Å². The number of aliphatic hydroxyl groups is 8. The fraction of sp³-hybridized carbons (Fsp3) is 0.855. The van der Waals surface area contributed by atoms with Crippen molar-refractivity contribution in [3.8, 4) is 0 Å². The number of rotatable bonds is 49. The molecule has 1 amide bonds. The number of amides is 1. The summed E-state index contributed by atoms with van der Waals surface area (Å²) < 4.78 is 22.9. The molecule has 0 spiro atoms. The lowest BCUT2D eigenvalue weighted by Crippen LogP contribution is -2.65. The Morgan fingerprint density at radius 1 is 0.487 bits per heavy atom. The topological polar surface area (TPSA) is 228 Å². The third-order valence-electron chi connectivity index (χ3n) is 15.1. The van der Waals surface area contributed by atoms with Crippen LogP contribution in [0.4, 0.5) is 0 Å². The molecule has 2 aliphatic heterocycles. The normalized spacial score (nSPS) is 25.2. The number of hydrogen-bond donors (Lipinski definition) is 9. The molecule has 0 radical (unpaired) electrons. The van der Waals surface area contributed by atoms with Crippen molar-refractivity contribution < 1.29 is 64.6 Å². The number of ether oxygens (including phenoxy) is 4. The van der Waals surface area contributed by atoms with Crippen LogP contribution in [0.25, 0.3) is 0 Å². The number of carbonyl (C=O) groups is 1. The minimum Gasteiger partial charge on any atom is -0.394 e. The maximum absolute atomic E-state index is 13.3. The highest BCUT2D eigenvalue weighted by Gasteiger charge is 2.51. The molecule has 0 aliphatic carbocycles. The molecule has 444 valence electrons. The molecule has 9 N–H and O–H groups in total. The van der Waals surface area contributed by atoms with Gasteiger partial charge in [-0.2, -0.15) is 0 Å². The van der Waals surface area contributed by atoms with Crippen LogP contribution in [0.1, 0.15) is 245 Å². The lowest BCUT2D eigenvalue weighted by Gasteiger charge is -2.46. The SMILES string of the molecule is CC/C=C\C/C=C\C/C=C\C/C=C\CCCCCCCCC(=O)NC(COC1OC(CO)C(OC2OC(CO)C(O)C(O)C2O)C(O)C1O)C(O)CCCCCCCCCCCCCCCCCCCCCCCCC. The van der Waals surface area contributed by atoms with Gasteiger partial charge in [-0.05, 0) is 51.4 Å². The predicted molar refractivity (Wildman–Crippen MR) is 304 cm³/mol. The lowest BCUT2D eigenvalue weighted by molar-refractivity contribution is -0.359. The molecule has 12 unspecified atom stereocenters. The van der Waals surface area contributed by atoms with Crippen LogP contribution in [0, 0.1) is 0 Å². The first kappa shape index (κ1) is 70.1. The Labute approximate surface area is 461 Å². The monoisotopic (exact) mass is 1080 g/mol. The molecule has 2 saturated heterocycles. The molecule has 2 rings (SSSR count). The van der Waals surface area contributed by atoms with Gasteiger partial charge in [-0.1, -0.05) is 236 Å². The molecule has 0 aromatic rings. The highest BCUT2D eigenvalue weighted by Crippen LogP contribution is 2.30. The molecular formula is C62H113NO13. The quantitative estimate of drug-likeness (QED) is 0.0204. The maximum atomic E-state index is 13.3. The zero-order valence-corrected chi connectivity index (χ0v) is 47.7. The molecular weight excluding hydrogens is 967 g/mol. The largest absolute Gasteiger partial charge is 0.394 e. The van der Waals surface area contributed by atoms with Crippen molar-refractivity contribution in [1.29, 1.82) is 0 Å². The Morgan fingerprint density at radius 3 is 1.39 bits per heavy atom. The van der Waals surface area contributed by atoms with Gasteiger partial charge >= 0.3 is 0 Å². The smallest absolute Gasteiger partial charge is 0.220 e. The van der Waals surface area contributed by atoms with E-state index in [0.29, 0.717) is 12.8 Å². The van der Waals surface area contributed by atoms with E-state index >= 15 is 0 Å². The fourth-order valence-electron chi connectivity index (χ4n) is 10.1. The van der Waals surface area contributed by atoms with E-state index in [-0.39, 0.29) is 18.9 Å². The zero-order chi connectivity index (χ0) is 55.3. The van der Waals surface area contributed by atoms with E-state index in [0.717, 1.165) is 89.9 Å². The fourth-order valence-corrected chi connectivity index (χ4v) is 10.1. The number of unbranched alkanes of at least 4 members (excludes halogenated alkanes) is 28. The van der Waals surface area contributed by atoms with E-state index in [1.54, 1.807) is 0 Å². The van der Waals surface area contributed by atoms with E-state index < -0.39 is 86.8 Å². The van der Waals surface area contributed by atoms with Gasteiger partial charge < -0.3 is 65.1 Å². The van der Waals surface area contributed by atoms with Crippen LogP contribution in [0.15, 0.2) is 48.6 Å². The summed E-state index contributed by atoms with van der Waals surface area (Å²) in [6.45, 7) is 2.76. The third kappa shape index (κ3) is 32.9. The van der Waals surface area contributed by atoms with Gasteiger partial charge in [-0.15, -0.1) is 0 Å². The second-order valence-corrected chi connectivity index (χ2v) is 21.8. The molecule has 0 aromatic heterocycles. The van der Waals surface area contributed by atoms with Crippen LogP contribution in [0.5, 0.6) is 0 Å². The molecule has 2 fully saturated rings. The molecule has 0 bridgehead atoms. The Hall–Kier alpha value is -2.05. The summed E-state index contributed by atoms with van der Waals surface area (Å²) in [6, 6.07) is -0.839. The highest BCUT2D eigenvalue weighted by molar-refractivity contribution is 5.76. The van der Waals surface area contributed by atoms with E-state index in [9.17, 15) is 45.6 Å². The molecule has 2 aliphatic rings. The average molecular weight is 1080 g/mol. The van der Waals surface area contributed by atoms with E-state index in [2.05, 4.69) is 67.8 Å². The molecule has 12 atom stereocenters. The first-order chi connectivity index (χ1) is 37.1. The van der Waals surface area contributed by atoms with Crippen molar-refractivity contribution in [2.45, 2.75) is 319 Å². The summed E-state index contributed by atoms with van der Waals surface area (Å²) in [5, 5.41) is 87.3. The van der Waals surface area contributed by atoms with Crippen LogP contribution in [-0.2, 0) is 23.7 Å². The van der Waals surface area contributed by atoms with Gasteiger partial charge in [0.15, 0.2) is 12.6 Å². The van der Waals surface area contributed by atoms with Gasteiger partial charge in [-0.3, -0.25) is 4.79 Å². The maximum Gasteiger partial charge on any atom is 0.220 e. The van der Waals surface area contributed by atoms with Crippen LogP contribution in [-0.4, -0.2) is 140 Å². The Balaban J connectivity index is 1.74. The summed E-state index contributed by atoms with van der Waals surface area (Å²) in [6.07, 6.45) is 42.5. The molecule has 14 heteroatoms. The van der Waals surface area contributed by atoms with E-state index in [1.807, 2.05) is 0 Å². The Morgan fingerprint density at radius 2 is 0.908 bits per heavy atom. The van der Waals surface area contributed by atoms with Gasteiger partial charge in [0.25, 0.3) is 0 Å². The van der Waals surface area contributed by atoms with Gasteiger partial charge in [0.1, 0.15) is 48.8 Å². The van der Waals surface area contributed by atoms with Crippen molar-refractivity contribution >= 4 is 5.91 Å². The van der Waals surface area contributed by atoms with Crippen LogP contribution >= 0.6 is 0 Å². The van der Waals surface area contributed by atoms with Crippen LogP contribution in [0.2, 0.25) is 0 Å². The summed E-state index contributed by atoms with van der Waals surface area (Å²) >= 11 is 0. The van der Waals surface area contributed by atoms with Crippen molar-refractivity contribution in [3.05, 3.63) is 48.6 Å². The molecule has 14 nitrogen and oxygen atoms in total. The summed E-state index contributed by atoms with van der Waals surface area (Å²) in [5.41, 5.74) is 0. The lowest BCUT2D eigenvalue weighted by atomic mass is 9.97. The van der Waals surface area contributed by atoms with Crippen molar-refractivity contribution in [3.63, 3.8) is 0 Å². The Kier molecular flexibility index (Phi) is 44.0. The summed E-state index contributed by atoms with van der Waals surface area (Å²) in [7, 11) is 0. The average Bonchev–Trinajstić information content (AvgIpc) is 3.42. The first-order valence-electron chi connectivity index (χ1n) is 30.9. The van der Waals surface area contributed by atoms with Crippen LogP contribution in [0.3, 0.4) is 0 Å². The van der Waals surface area contributed by atoms with Gasteiger partial charge in [0, 0.05) is 6.42 Å². The molecule has 0 aromatic carbocycles. The minimum absolute atomic E-state index is 0.220. The number of aliphatic hydroxyl groups excluding tert-OH is 8. The van der Waals surface area contributed by atoms with Crippen molar-refractivity contribution in [1.82, 2.24) is 5.32 Å². The predicted octanol–water partition coefficient (Wildman–Crippen LogP) is 10.8. The second-order valence-electron chi connectivity index (χ2n) is 21.8. The standard InChI is InChI=1S/C62H113NO13/c1-3-5-7-9-11-13-15-17-19-21-23-24-25-26-28-29-31-33-35-37-39-41-43-45-51(66)50(63-54(67)46-44-42-40-38-36-34-32-30-27-22-20-18-16-14-12-10-8-6-4-2)49-73-61-59(72)57(70)60(53(48-65)75-61)76-62-58(71)56(69)55(68)52(47-64)74-62/h6,8,12,14,18,20,27,30,50-53,55-62,64-66,68-72H,3-5,7,9-11,13,15-17,19,21-26,28-29,31-49H2,1-2H3,(H,63,67)/b8-6-,14-12-,20-18-,30-27-. The highest BCUT2D eigenvalue weighted by atomic mass is 16.7. The number of allylic oxidation sites excluding steroid dienone is 8. The first-order valence-corrected chi connectivity index (χ1v) is 30.9. The van der Waals surface area contributed by atoms with Gasteiger partial charge in [0.05, 0.1) is 32.0 Å². The summed E-state index contributed by atoms with van der Waals surface area (Å²) in [5.74, 6) is -0.220. The zero-order valence-electron chi connectivity index (χ0n) is 47.7. The Bertz CT molecular complexity index is 1460. The van der Waals surface area contributed by atoms with Crippen LogP contribution < -0.4 is 5.32 Å². The molecule has 76 heavy (non-hydrogen) atoms. The van der Waals surface area contributed by atoms with Gasteiger partial charge in [-0.25, -0.2) is 0 Å². The summed E-state index contributed by atoms with van der Waals surface area (Å²) in [4.78, 5) is 13.3. The van der Waals surface area contributed by atoms with Crippen molar-refractivity contribution in [2.24, 2.45) is 0 Å². The van der Waals surface area contributed by atoms with E-state index in [4.69, 9.17) is 18.9 Å². The molecule has 0 saturated carbocycles. The minimum atomic E-state index is -1.79. The third-order valence-corrected chi connectivity index (χ3v) is 15.1. The van der Waals surface area contributed by atoms with E-state index in [1.165, 1.54) is 122 Å². The molecule has 2 heterocycles. The number of hydrogen-bond acceptors (Lipinski definition) is 13. The second kappa shape index (κ2) is 47.7.